The Balaban J connectivity index is 1.89. The van der Waals surface area contributed by atoms with Crippen LogP contribution >= 0.6 is 22.9 Å². The number of rotatable bonds is 3. The minimum Gasteiger partial charge on any atom is -0.333 e. The van der Waals surface area contributed by atoms with Gasteiger partial charge in [0.2, 0.25) is 5.82 Å². The molecule has 0 amide bonds. The van der Waals surface area contributed by atoms with E-state index in [2.05, 4.69) is 16.2 Å². The Bertz CT molecular complexity index is 831. The van der Waals surface area contributed by atoms with Gasteiger partial charge in [0.25, 0.3) is 5.89 Å². The largest absolute Gasteiger partial charge is 0.333 e. The van der Waals surface area contributed by atoms with Crippen LogP contribution in [0.3, 0.4) is 0 Å². The van der Waals surface area contributed by atoms with Gasteiger partial charge in [-0.1, -0.05) is 35.0 Å². The first-order valence-corrected chi connectivity index (χ1v) is 7.27. The van der Waals surface area contributed by atoms with E-state index in [1.54, 1.807) is 24.3 Å². The summed E-state index contributed by atoms with van der Waals surface area (Å²) in [6.45, 7) is 0. The molecule has 0 bridgehead atoms. The Labute approximate surface area is 129 Å². The van der Waals surface area contributed by atoms with Crippen molar-refractivity contribution in [3.8, 4) is 16.8 Å². The average molecular weight is 314 g/mol. The molecule has 6 heteroatoms. The molecule has 21 heavy (non-hydrogen) atoms. The molecule has 2 heterocycles. The van der Waals surface area contributed by atoms with Gasteiger partial charge in [-0.25, -0.2) is 0 Å². The fourth-order valence-electron chi connectivity index (χ4n) is 1.73. The second-order valence-corrected chi connectivity index (χ2v) is 5.48. The number of thiophene rings is 1. The highest BCUT2D eigenvalue weighted by atomic mass is 35.5. The van der Waals surface area contributed by atoms with Crippen molar-refractivity contribution >= 4 is 34.0 Å². The Hall–Kier alpha value is -2.42. The Morgan fingerprint density at radius 3 is 3.00 bits per heavy atom. The molecule has 1 aromatic carbocycles. The van der Waals surface area contributed by atoms with Gasteiger partial charge in [0, 0.05) is 0 Å². The first-order chi connectivity index (χ1) is 10.3. The zero-order valence-corrected chi connectivity index (χ0v) is 12.2. The number of nitrogens with zero attached hydrogens (tertiary/aromatic N) is 3. The summed E-state index contributed by atoms with van der Waals surface area (Å²) in [5.41, 5.74) is 1.37. The number of aromatic nitrogens is 2. The zero-order chi connectivity index (χ0) is 14.7. The van der Waals surface area contributed by atoms with E-state index < -0.39 is 0 Å². The third kappa shape index (κ3) is 3.02. The Morgan fingerprint density at radius 1 is 1.33 bits per heavy atom. The van der Waals surface area contributed by atoms with Gasteiger partial charge in [-0.15, -0.1) is 11.3 Å². The molecule has 0 radical (unpaired) electrons. The topological polar surface area (TPSA) is 62.7 Å². The molecule has 0 fully saturated rings. The summed E-state index contributed by atoms with van der Waals surface area (Å²) < 4.78 is 5.16. The van der Waals surface area contributed by atoms with Crippen LogP contribution in [0.2, 0.25) is 0 Å². The summed E-state index contributed by atoms with van der Waals surface area (Å²) in [5, 5.41) is 15.1. The molecule has 0 aliphatic rings. The minimum absolute atomic E-state index is 0.252. The van der Waals surface area contributed by atoms with Crippen LogP contribution in [0.4, 0.5) is 0 Å². The third-order valence-electron chi connectivity index (χ3n) is 2.68. The summed E-state index contributed by atoms with van der Waals surface area (Å²) in [4.78, 5) is 5.18. The van der Waals surface area contributed by atoms with Crippen molar-refractivity contribution in [2.75, 3.05) is 0 Å². The van der Waals surface area contributed by atoms with Gasteiger partial charge in [0.1, 0.15) is 5.03 Å². The van der Waals surface area contributed by atoms with Gasteiger partial charge in [-0.2, -0.15) is 10.2 Å². The molecule has 3 rings (SSSR count). The van der Waals surface area contributed by atoms with Crippen LogP contribution in [-0.2, 0) is 0 Å². The first-order valence-electron chi connectivity index (χ1n) is 6.01. The van der Waals surface area contributed by atoms with Gasteiger partial charge in [-0.3, -0.25) is 0 Å². The summed E-state index contributed by atoms with van der Waals surface area (Å²) >= 11 is 7.72. The van der Waals surface area contributed by atoms with E-state index in [9.17, 15) is 0 Å². The quantitative estimate of drug-likeness (QED) is 0.718. The second kappa shape index (κ2) is 5.92. The van der Waals surface area contributed by atoms with Crippen molar-refractivity contribution in [2.24, 2.45) is 0 Å². The van der Waals surface area contributed by atoms with Crippen molar-refractivity contribution in [1.82, 2.24) is 10.1 Å². The Morgan fingerprint density at radius 2 is 2.24 bits per heavy atom. The molecule has 0 N–H and O–H groups in total. The highest BCUT2D eigenvalue weighted by Crippen LogP contribution is 2.26. The number of hydrogen-bond donors (Lipinski definition) is 0. The first kappa shape index (κ1) is 13.6. The van der Waals surface area contributed by atoms with E-state index in [-0.39, 0.29) is 5.89 Å². The summed E-state index contributed by atoms with van der Waals surface area (Å²) in [6.07, 6.45) is 1.69. The highest BCUT2D eigenvalue weighted by molar-refractivity contribution is 7.13. The molecule has 0 atom stereocenters. The lowest BCUT2D eigenvalue weighted by atomic mass is 10.1. The maximum Gasteiger partial charge on any atom is 0.269 e. The van der Waals surface area contributed by atoms with E-state index >= 15 is 0 Å². The third-order valence-corrected chi connectivity index (χ3v) is 3.82. The molecule has 4 nitrogen and oxygen atoms in total. The summed E-state index contributed by atoms with van der Waals surface area (Å²) in [5.74, 6) is 0.764. The fraction of sp³-hybridized carbons (Fsp3) is 0. The van der Waals surface area contributed by atoms with Gasteiger partial charge >= 0.3 is 0 Å². The van der Waals surface area contributed by atoms with Crippen molar-refractivity contribution in [3.63, 3.8) is 0 Å². The van der Waals surface area contributed by atoms with E-state index in [0.29, 0.717) is 16.4 Å². The summed E-state index contributed by atoms with van der Waals surface area (Å²) in [6, 6.07) is 13.0. The molecule has 2 aromatic heterocycles. The number of hydrogen-bond acceptors (Lipinski definition) is 5. The number of nitriles is 1. The van der Waals surface area contributed by atoms with E-state index in [1.165, 1.54) is 11.3 Å². The number of halogens is 1. The van der Waals surface area contributed by atoms with Crippen molar-refractivity contribution in [2.45, 2.75) is 0 Å². The molecule has 102 valence electrons. The van der Waals surface area contributed by atoms with E-state index in [1.807, 2.05) is 23.6 Å². The lowest BCUT2D eigenvalue weighted by molar-refractivity contribution is 0.410. The zero-order valence-electron chi connectivity index (χ0n) is 10.7. The van der Waals surface area contributed by atoms with Crippen molar-refractivity contribution in [3.05, 3.63) is 58.8 Å². The molecular weight excluding hydrogens is 306 g/mol. The lowest BCUT2D eigenvalue weighted by Gasteiger charge is -1.95. The molecule has 0 unspecified atom stereocenters. The van der Waals surface area contributed by atoms with Crippen LogP contribution in [0, 0.1) is 11.3 Å². The van der Waals surface area contributed by atoms with Crippen LogP contribution in [0.1, 0.15) is 17.0 Å². The predicted molar refractivity (Wildman–Crippen MR) is 82.5 cm³/mol. The monoisotopic (exact) mass is 313 g/mol. The number of benzene rings is 1. The van der Waals surface area contributed by atoms with Crippen molar-refractivity contribution < 1.29 is 4.52 Å². The van der Waals surface area contributed by atoms with E-state index in [0.717, 1.165) is 10.4 Å². The Kier molecular flexibility index (Phi) is 3.82. The standard InChI is InChI=1S/C15H8ClN3OS/c16-12(8-10-3-1-4-11(7-10)9-17)15-18-14(19-20-15)13-5-2-6-21-13/h1-8H/b12-8-. The fourth-order valence-corrected chi connectivity index (χ4v) is 2.58. The van der Waals surface area contributed by atoms with E-state index in [4.69, 9.17) is 21.4 Å². The summed E-state index contributed by atoms with van der Waals surface area (Å²) in [7, 11) is 0. The van der Waals surface area contributed by atoms with Crippen molar-refractivity contribution in [1.29, 1.82) is 5.26 Å². The van der Waals surface area contributed by atoms with Crippen LogP contribution < -0.4 is 0 Å². The van der Waals surface area contributed by atoms with Crippen LogP contribution in [0.5, 0.6) is 0 Å². The minimum atomic E-state index is 0.252. The average Bonchev–Trinajstić information content (AvgIpc) is 3.18. The maximum absolute atomic E-state index is 8.88. The lowest BCUT2D eigenvalue weighted by Crippen LogP contribution is -1.80. The second-order valence-electron chi connectivity index (χ2n) is 4.13. The molecule has 0 aliphatic carbocycles. The van der Waals surface area contributed by atoms with Crippen LogP contribution in [0.15, 0.2) is 46.3 Å². The molecule has 0 saturated heterocycles. The predicted octanol–water partition coefficient (Wildman–Crippen LogP) is 4.41. The molecule has 3 aromatic rings. The smallest absolute Gasteiger partial charge is 0.269 e. The van der Waals surface area contributed by atoms with Gasteiger partial charge in [0.15, 0.2) is 0 Å². The molecule has 0 spiro atoms. The normalized spacial score (nSPS) is 11.3. The van der Waals surface area contributed by atoms with Gasteiger partial charge < -0.3 is 4.52 Å². The molecule has 0 aliphatic heterocycles. The van der Waals surface area contributed by atoms with Crippen LogP contribution in [-0.4, -0.2) is 10.1 Å². The maximum atomic E-state index is 8.88. The molecular formula is C15H8ClN3OS. The molecule has 0 saturated carbocycles. The van der Waals surface area contributed by atoms with Gasteiger partial charge in [0.05, 0.1) is 16.5 Å². The highest BCUT2D eigenvalue weighted by Gasteiger charge is 2.12. The van der Waals surface area contributed by atoms with Gasteiger partial charge in [-0.05, 0) is 35.2 Å². The SMILES string of the molecule is N#Cc1cccc(/C=C(\Cl)c2nc(-c3cccs3)no2)c1. The van der Waals surface area contributed by atoms with Crippen LogP contribution in [0.25, 0.3) is 21.8 Å².